The highest BCUT2D eigenvalue weighted by Crippen LogP contribution is 2.15. The highest BCUT2D eigenvalue weighted by molar-refractivity contribution is 5.86. The van der Waals surface area contributed by atoms with Gasteiger partial charge in [0.05, 0.1) is 5.69 Å². The van der Waals surface area contributed by atoms with Gasteiger partial charge in [0.15, 0.2) is 0 Å². The number of aromatic carboxylic acids is 1. The highest BCUT2D eigenvalue weighted by Gasteiger charge is 2.12. The smallest absolute Gasteiger partial charge is 0.342 e. The van der Waals surface area contributed by atoms with Crippen LogP contribution in [0.4, 0.5) is 5.69 Å². The number of nitrogens with one attached hydrogen (secondary N) is 1. The van der Waals surface area contributed by atoms with Gasteiger partial charge in [-0.3, -0.25) is 14.3 Å². The average molecular weight is 275 g/mol. The van der Waals surface area contributed by atoms with Crippen molar-refractivity contribution in [3.05, 3.63) is 56.9 Å². The molecule has 0 aliphatic rings. The van der Waals surface area contributed by atoms with Crippen LogP contribution in [-0.2, 0) is 0 Å². The predicted octanol–water partition coefficient (Wildman–Crippen LogP) is 0.290. The second-order valence-corrected chi connectivity index (χ2v) is 4.39. The van der Waals surface area contributed by atoms with Gasteiger partial charge in [-0.05, 0) is 18.2 Å². The van der Waals surface area contributed by atoms with E-state index in [1.54, 1.807) is 18.2 Å². The summed E-state index contributed by atoms with van der Waals surface area (Å²) in [4.78, 5) is 38.0. The first-order valence-corrected chi connectivity index (χ1v) is 5.77. The fraction of sp³-hybridized carbons (Fsp3) is 0.154. The number of carbonyl (C=O) groups is 1. The van der Waals surface area contributed by atoms with Crippen LogP contribution in [0.25, 0.3) is 5.69 Å². The molecule has 1 aromatic heterocycles. The molecule has 20 heavy (non-hydrogen) atoms. The SMILES string of the molecule is CN(C)c1cccc(-n2cc(C(=O)O)c(=O)[nH]c2=O)c1. The lowest BCUT2D eigenvalue weighted by Crippen LogP contribution is -2.32. The van der Waals surface area contributed by atoms with E-state index in [-0.39, 0.29) is 0 Å². The molecule has 7 heteroatoms. The molecule has 0 aliphatic heterocycles. The Balaban J connectivity index is 2.67. The molecule has 0 aliphatic carbocycles. The number of hydrogen-bond acceptors (Lipinski definition) is 4. The van der Waals surface area contributed by atoms with Crippen LogP contribution in [-0.4, -0.2) is 34.7 Å². The van der Waals surface area contributed by atoms with Crippen LogP contribution in [0.5, 0.6) is 0 Å². The number of nitrogens with zero attached hydrogens (tertiary/aromatic N) is 2. The second-order valence-electron chi connectivity index (χ2n) is 4.39. The molecular weight excluding hydrogens is 262 g/mol. The van der Waals surface area contributed by atoms with Crippen molar-refractivity contribution in [2.24, 2.45) is 0 Å². The Kier molecular flexibility index (Phi) is 3.43. The number of benzene rings is 1. The summed E-state index contributed by atoms with van der Waals surface area (Å²) in [6.07, 6.45) is 1.03. The minimum Gasteiger partial charge on any atom is -0.477 e. The standard InChI is InChI=1S/C13H13N3O4/c1-15(2)8-4-3-5-9(6-8)16-7-10(12(18)19)11(17)14-13(16)20/h3-7H,1-2H3,(H,18,19)(H,14,17,20). The van der Waals surface area contributed by atoms with Crippen molar-refractivity contribution >= 4 is 11.7 Å². The van der Waals surface area contributed by atoms with Crippen LogP contribution in [0.2, 0.25) is 0 Å². The molecule has 0 amide bonds. The van der Waals surface area contributed by atoms with Crippen molar-refractivity contribution in [2.75, 3.05) is 19.0 Å². The van der Waals surface area contributed by atoms with Gasteiger partial charge in [-0.15, -0.1) is 0 Å². The molecule has 2 N–H and O–H groups in total. The van der Waals surface area contributed by atoms with Crippen LogP contribution in [0.15, 0.2) is 40.1 Å². The van der Waals surface area contributed by atoms with Crippen molar-refractivity contribution < 1.29 is 9.90 Å². The molecule has 0 bridgehead atoms. The Morgan fingerprint density at radius 2 is 2.00 bits per heavy atom. The lowest BCUT2D eigenvalue weighted by Gasteiger charge is -2.14. The van der Waals surface area contributed by atoms with E-state index < -0.39 is 22.8 Å². The number of aromatic nitrogens is 2. The zero-order valence-corrected chi connectivity index (χ0v) is 11.0. The Hall–Kier alpha value is -2.83. The van der Waals surface area contributed by atoms with Gasteiger partial charge in [0.2, 0.25) is 0 Å². The van der Waals surface area contributed by atoms with E-state index in [0.717, 1.165) is 16.5 Å². The van der Waals surface area contributed by atoms with Crippen LogP contribution in [0, 0.1) is 0 Å². The zero-order chi connectivity index (χ0) is 14.9. The Morgan fingerprint density at radius 1 is 1.30 bits per heavy atom. The number of aromatic amines is 1. The van der Waals surface area contributed by atoms with Crippen molar-refractivity contribution in [1.82, 2.24) is 9.55 Å². The summed E-state index contributed by atoms with van der Waals surface area (Å²) in [7, 11) is 3.69. The number of anilines is 1. The molecule has 7 nitrogen and oxygen atoms in total. The summed E-state index contributed by atoms with van der Waals surface area (Å²) in [6.45, 7) is 0. The van der Waals surface area contributed by atoms with E-state index in [0.29, 0.717) is 5.69 Å². The monoisotopic (exact) mass is 275 g/mol. The highest BCUT2D eigenvalue weighted by atomic mass is 16.4. The minimum atomic E-state index is -1.39. The number of H-pyrrole nitrogens is 1. The third kappa shape index (κ3) is 2.46. The minimum absolute atomic E-state index is 0.472. The van der Waals surface area contributed by atoms with E-state index in [1.807, 2.05) is 30.0 Å². The fourth-order valence-corrected chi connectivity index (χ4v) is 1.74. The molecule has 0 saturated heterocycles. The third-order valence-corrected chi connectivity index (χ3v) is 2.80. The Morgan fingerprint density at radius 3 is 2.60 bits per heavy atom. The third-order valence-electron chi connectivity index (χ3n) is 2.80. The van der Waals surface area contributed by atoms with Crippen molar-refractivity contribution in [3.63, 3.8) is 0 Å². The normalized spacial score (nSPS) is 10.3. The maximum Gasteiger partial charge on any atom is 0.342 e. The first-order valence-electron chi connectivity index (χ1n) is 5.77. The molecule has 1 heterocycles. The summed E-state index contributed by atoms with van der Waals surface area (Å²) in [5.41, 5.74) is -0.768. The quantitative estimate of drug-likeness (QED) is 0.839. The van der Waals surface area contributed by atoms with Gasteiger partial charge in [-0.25, -0.2) is 9.59 Å². The zero-order valence-electron chi connectivity index (χ0n) is 11.0. The largest absolute Gasteiger partial charge is 0.477 e. The van der Waals surface area contributed by atoms with Crippen LogP contribution < -0.4 is 16.1 Å². The van der Waals surface area contributed by atoms with Gasteiger partial charge in [0.1, 0.15) is 5.56 Å². The van der Waals surface area contributed by atoms with Crippen LogP contribution >= 0.6 is 0 Å². The first-order chi connectivity index (χ1) is 9.40. The molecule has 0 unspecified atom stereocenters. The van der Waals surface area contributed by atoms with E-state index in [1.165, 1.54) is 0 Å². The molecule has 104 valence electrons. The Bertz CT molecular complexity index is 774. The molecule has 0 fully saturated rings. The molecule has 2 rings (SSSR count). The van der Waals surface area contributed by atoms with Gasteiger partial charge < -0.3 is 10.0 Å². The average Bonchev–Trinajstić information content (AvgIpc) is 2.38. The topological polar surface area (TPSA) is 95.4 Å². The second kappa shape index (κ2) is 5.04. The van der Waals surface area contributed by atoms with E-state index >= 15 is 0 Å². The summed E-state index contributed by atoms with van der Waals surface area (Å²) in [5.74, 6) is -1.39. The van der Waals surface area contributed by atoms with E-state index in [2.05, 4.69) is 0 Å². The predicted molar refractivity (Wildman–Crippen MR) is 73.9 cm³/mol. The first kappa shape index (κ1) is 13.6. The van der Waals surface area contributed by atoms with Gasteiger partial charge in [0, 0.05) is 26.0 Å². The van der Waals surface area contributed by atoms with Crippen molar-refractivity contribution in [3.8, 4) is 5.69 Å². The number of hydrogen-bond donors (Lipinski definition) is 2. The van der Waals surface area contributed by atoms with Gasteiger partial charge >= 0.3 is 11.7 Å². The summed E-state index contributed by atoms with van der Waals surface area (Å²) >= 11 is 0. The maximum atomic E-state index is 11.8. The van der Waals surface area contributed by atoms with Crippen LogP contribution in [0.3, 0.4) is 0 Å². The van der Waals surface area contributed by atoms with Crippen molar-refractivity contribution in [1.29, 1.82) is 0 Å². The molecule has 0 saturated carbocycles. The molecule has 2 aromatic rings. The van der Waals surface area contributed by atoms with E-state index in [4.69, 9.17) is 5.11 Å². The molecule has 0 spiro atoms. The van der Waals surface area contributed by atoms with Crippen LogP contribution in [0.1, 0.15) is 10.4 Å². The van der Waals surface area contributed by atoms with E-state index in [9.17, 15) is 14.4 Å². The lowest BCUT2D eigenvalue weighted by molar-refractivity contribution is 0.0694. The lowest BCUT2D eigenvalue weighted by atomic mass is 10.2. The Labute approximate surface area is 113 Å². The van der Waals surface area contributed by atoms with Gasteiger partial charge in [-0.2, -0.15) is 0 Å². The van der Waals surface area contributed by atoms with Gasteiger partial charge in [0.25, 0.3) is 5.56 Å². The maximum absolute atomic E-state index is 11.8. The number of carboxylic acids is 1. The number of rotatable bonds is 3. The fourth-order valence-electron chi connectivity index (χ4n) is 1.74. The molecular formula is C13H13N3O4. The summed E-state index contributed by atoms with van der Waals surface area (Å²) in [5, 5.41) is 8.93. The van der Waals surface area contributed by atoms with Crippen molar-refractivity contribution in [2.45, 2.75) is 0 Å². The van der Waals surface area contributed by atoms with Gasteiger partial charge in [-0.1, -0.05) is 6.07 Å². The molecule has 0 atom stereocenters. The number of carboxylic acid groups (broad SMARTS) is 1. The molecule has 1 aromatic carbocycles. The summed E-state index contributed by atoms with van der Waals surface area (Å²) < 4.78 is 1.10. The molecule has 0 radical (unpaired) electrons. The summed E-state index contributed by atoms with van der Waals surface area (Å²) in [6, 6.07) is 6.95.